The SMILES string of the molecule is O=C1CC2(CCCN(C(=O)Cn3ccccc3=O)CC2)Oc2ccccc21. The molecule has 1 aromatic carbocycles. The summed E-state index contributed by atoms with van der Waals surface area (Å²) in [5.41, 5.74) is -0.0805. The summed E-state index contributed by atoms with van der Waals surface area (Å²) in [5, 5.41) is 0. The number of benzene rings is 1. The Morgan fingerprint density at radius 2 is 1.85 bits per heavy atom. The summed E-state index contributed by atoms with van der Waals surface area (Å²) in [7, 11) is 0. The second-order valence-corrected chi connectivity index (χ2v) is 7.28. The topological polar surface area (TPSA) is 68.6 Å². The predicted molar refractivity (Wildman–Crippen MR) is 99.9 cm³/mol. The minimum atomic E-state index is -0.538. The number of carbonyl (C=O) groups excluding carboxylic acids is 2. The summed E-state index contributed by atoms with van der Waals surface area (Å²) in [5.74, 6) is 0.666. The van der Waals surface area contributed by atoms with Crippen LogP contribution in [0.15, 0.2) is 53.5 Å². The largest absolute Gasteiger partial charge is 0.486 e. The highest BCUT2D eigenvalue weighted by molar-refractivity contribution is 6.00. The molecule has 1 saturated heterocycles. The molecule has 1 atom stereocenters. The van der Waals surface area contributed by atoms with E-state index in [9.17, 15) is 14.4 Å². The molecule has 1 fully saturated rings. The first-order valence-electron chi connectivity index (χ1n) is 9.31. The van der Waals surface area contributed by atoms with Crippen LogP contribution < -0.4 is 10.3 Å². The molecule has 27 heavy (non-hydrogen) atoms. The van der Waals surface area contributed by atoms with Gasteiger partial charge in [-0.1, -0.05) is 18.2 Å². The quantitative estimate of drug-likeness (QED) is 0.818. The molecule has 6 heteroatoms. The van der Waals surface area contributed by atoms with Crippen molar-refractivity contribution in [2.45, 2.75) is 37.8 Å². The number of likely N-dealkylation sites (tertiary alicyclic amines) is 1. The first-order valence-corrected chi connectivity index (χ1v) is 9.31. The molecular weight excluding hydrogens is 344 g/mol. The molecule has 0 N–H and O–H groups in total. The number of fused-ring (bicyclic) bond motifs is 1. The molecule has 0 bridgehead atoms. The van der Waals surface area contributed by atoms with E-state index < -0.39 is 5.60 Å². The van der Waals surface area contributed by atoms with Crippen molar-refractivity contribution < 1.29 is 14.3 Å². The van der Waals surface area contributed by atoms with Gasteiger partial charge in [-0.05, 0) is 31.0 Å². The number of ether oxygens (including phenoxy) is 1. The van der Waals surface area contributed by atoms with Gasteiger partial charge < -0.3 is 14.2 Å². The molecule has 0 aliphatic carbocycles. The Kier molecular flexibility index (Phi) is 4.56. The maximum Gasteiger partial charge on any atom is 0.250 e. The van der Waals surface area contributed by atoms with E-state index in [0.29, 0.717) is 37.2 Å². The van der Waals surface area contributed by atoms with Crippen molar-refractivity contribution in [1.82, 2.24) is 9.47 Å². The molecule has 1 aromatic heterocycles. The van der Waals surface area contributed by atoms with Crippen LogP contribution in [0.4, 0.5) is 0 Å². The van der Waals surface area contributed by atoms with Gasteiger partial charge in [-0.3, -0.25) is 14.4 Å². The minimum absolute atomic E-state index is 0.0370. The number of Topliss-reactive ketones (excluding diaryl/α,β-unsaturated/α-hetero) is 1. The van der Waals surface area contributed by atoms with Crippen molar-refractivity contribution in [3.05, 3.63) is 64.6 Å². The lowest BCUT2D eigenvalue weighted by atomic mass is 9.84. The van der Waals surface area contributed by atoms with Crippen LogP contribution in [0.2, 0.25) is 0 Å². The van der Waals surface area contributed by atoms with Gasteiger partial charge in [0.15, 0.2) is 5.78 Å². The van der Waals surface area contributed by atoms with E-state index in [1.54, 1.807) is 29.3 Å². The first-order chi connectivity index (χ1) is 13.1. The Morgan fingerprint density at radius 1 is 1.04 bits per heavy atom. The fourth-order valence-electron chi connectivity index (χ4n) is 3.98. The Morgan fingerprint density at radius 3 is 2.70 bits per heavy atom. The minimum Gasteiger partial charge on any atom is -0.486 e. The van der Waals surface area contributed by atoms with Crippen LogP contribution in [0.1, 0.15) is 36.0 Å². The molecule has 2 aromatic rings. The van der Waals surface area contributed by atoms with Crippen molar-refractivity contribution >= 4 is 11.7 Å². The summed E-state index contributed by atoms with van der Waals surface area (Å²) in [4.78, 5) is 38.8. The number of nitrogens with zero attached hydrogens (tertiary/aromatic N) is 2. The molecule has 3 heterocycles. The van der Waals surface area contributed by atoms with Gasteiger partial charge in [-0.25, -0.2) is 0 Å². The maximum atomic E-state index is 12.7. The third-order valence-corrected chi connectivity index (χ3v) is 5.45. The lowest BCUT2D eigenvalue weighted by Gasteiger charge is -2.37. The molecule has 6 nitrogen and oxygen atoms in total. The molecule has 1 spiro atoms. The molecule has 140 valence electrons. The zero-order valence-electron chi connectivity index (χ0n) is 15.1. The summed E-state index contributed by atoms with van der Waals surface area (Å²) < 4.78 is 7.68. The van der Waals surface area contributed by atoms with Gasteiger partial charge in [0, 0.05) is 31.8 Å². The van der Waals surface area contributed by atoms with E-state index in [1.165, 1.54) is 10.6 Å². The number of hydrogen-bond acceptors (Lipinski definition) is 4. The summed E-state index contributed by atoms with van der Waals surface area (Å²) in [6.45, 7) is 1.17. The Labute approximate surface area is 157 Å². The molecule has 0 saturated carbocycles. The number of amides is 1. The Hall–Kier alpha value is -2.89. The van der Waals surface area contributed by atoms with Crippen LogP contribution >= 0.6 is 0 Å². The molecule has 4 rings (SSSR count). The molecule has 1 amide bonds. The van der Waals surface area contributed by atoms with Gasteiger partial charge in [-0.15, -0.1) is 0 Å². The zero-order chi connectivity index (χ0) is 18.9. The molecule has 1 unspecified atom stereocenters. The van der Waals surface area contributed by atoms with Crippen molar-refractivity contribution in [1.29, 1.82) is 0 Å². The lowest BCUT2D eigenvalue weighted by molar-refractivity contribution is -0.132. The van der Waals surface area contributed by atoms with E-state index in [2.05, 4.69) is 0 Å². The van der Waals surface area contributed by atoms with Crippen LogP contribution in [0.5, 0.6) is 5.75 Å². The zero-order valence-corrected chi connectivity index (χ0v) is 15.1. The number of hydrogen-bond donors (Lipinski definition) is 0. The highest BCUT2D eigenvalue weighted by atomic mass is 16.5. The van der Waals surface area contributed by atoms with E-state index >= 15 is 0 Å². The highest BCUT2D eigenvalue weighted by Crippen LogP contribution is 2.39. The number of para-hydroxylation sites is 1. The second-order valence-electron chi connectivity index (χ2n) is 7.28. The fourth-order valence-corrected chi connectivity index (χ4v) is 3.98. The Balaban J connectivity index is 1.47. The third kappa shape index (κ3) is 3.52. The number of rotatable bonds is 2. The number of pyridine rings is 1. The van der Waals surface area contributed by atoms with Crippen LogP contribution in [0.25, 0.3) is 0 Å². The van der Waals surface area contributed by atoms with Crippen molar-refractivity contribution in [3.8, 4) is 5.75 Å². The standard InChI is InChI=1S/C21H22N2O4/c24-17-14-21(27-18-7-2-1-6-16(17)18)9-5-12-22(13-10-21)20(26)15-23-11-4-3-8-19(23)25/h1-4,6-8,11H,5,9-10,12-15H2. The van der Waals surface area contributed by atoms with Gasteiger partial charge in [-0.2, -0.15) is 0 Å². The summed E-state index contributed by atoms with van der Waals surface area (Å²) >= 11 is 0. The monoisotopic (exact) mass is 366 g/mol. The highest BCUT2D eigenvalue weighted by Gasteiger charge is 2.41. The maximum absolute atomic E-state index is 12.7. The average molecular weight is 366 g/mol. The van der Waals surface area contributed by atoms with Gasteiger partial charge in [0.1, 0.15) is 17.9 Å². The summed E-state index contributed by atoms with van der Waals surface area (Å²) in [6.07, 6.45) is 4.10. The number of carbonyl (C=O) groups is 2. The van der Waals surface area contributed by atoms with Crippen LogP contribution in [-0.2, 0) is 11.3 Å². The van der Waals surface area contributed by atoms with E-state index in [-0.39, 0.29) is 23.8 Å². The number of aromatic nitrogens is 1. The van der Waals surface area contributed by atoms with Gasteiger partial charge in [0.2, 0.25) is 5.91 Å². The molecule has 0 radical (unpaired) electrons. The predicted octanol–water partition coefficient (Wildman–Crippen LogP) is 2.27. The van der Waals surface area contributed by atoms with Crippen molar-refractivity contribution in [2.75, 3.05) is 13.1 Å². The van der Waals surface area contributed by atoms with E-state index in [1.807, 2.05) is 18.2 Å². The van der Waals surface area contributed by atoms with Crippen LogP contribution in [0.3, 0.4) is 0 Å². The normalized spacial score (nSPS) is 22.1. The molecular formula is C21H22N2O4. The van der Waals surface area contributed by atoms with E-state index in [4.69, 9.17) is 4.74 Å². The third-order valence-electron chi connectivity index (χ3n) is 5.45. The Bertz CT molecular complexity index is 936. The second kappa shape index (κ2) is 7.02. The van der Waals surface area contributed by atoms with Crippen LogP contribution in [0, 0.1) is 0 Å². The average Bonchev–Trinajstić information content (AvgIpc) is 2.86. The molecule has 2 aliphatic rings. The van der Waals surface area contributed by atoms with Gasteiger partial charge in [0.05, 0.1) is 12.0 Å². The van der Waals surface area contributed by atoms with Crippen molar-refractivity contribution in [2.24, 2.45) is 0 Å². The fraction of sp³-hybridized carbons (Fsp3) is 0.381. The first kappa shape index (κ1) is 17.5. The smallest absolute Gasteiger partial charge is 0.250 e. The lowest BCUT2D eigenvalue weighted by Crippen LogP contribution is -2.43. The van der Waals surface area contributed by atoms with Gasteiger partial charge in [0.25, 0.3) is 5.56 Å². The summed E-state index contributed by atoms with van der Waals surface area (Å²) in [6, 6.07) is 12.2. The van der Waals surface area contributed by atoms with Gasteiger partial charge >= 0.3 is 0 Å². The molecule has 2 aliphatic heterocycles. The van der Waals surface area contributed by atoms with Crippen molar-refractivity contribution in [3.63, 3.8) is 0 Å². The van der Waals surface area contributed by atoms with E-state index in [0.717, 1.165) is 12.8 Å². The van der Waals surface area contributed by atoms with Crippen LogP contribution in [-0.4, -0.2) is 39.8 Å². The number of ketones is 1.